The van der Waals surface area contributed by atoms with Gasteiger partial charge in [0.25, 0.3) is 0 Å². The molecular formula is C21H26N2O4. The summed E-state index contributed by atoms with van der Waals surface area (Å²) in [6.45, 7) is 7.28. The molecule has 0 aliphatic heterocycles. The zero-order valence-corrected chi connectivity index (χ0v) is 15.8. The van der Waals surface area contributed by atoms with Crippen molar-refractivity contribution < 1.29 is 19.0 Å². The quantitative estimate of drug-likeness (QED) is 0.466. The van der Waals surface area contributed by atoms with Crippen LogP contribution in [0.4, 0.5) is 11.4 Å². The molecular weight excluding hydrogens is 344 g/mol. The summed E-state index contributed by atoms with van der Waals surface area (Å²) in [5.74, 6) is 1.25. The van der Waals surface area contributed by atoms with Gasteiger partial charge in [-0.2, -0.15) is 0 Å². The summed E-state index contributed by atoms with van der Waals surface area (Å²) in [5.41, 5.74) is 2.42. The fourth-order valence-corrected chi connectivity index (χ4v) is 2.20. The van der Waals surface area contributed by atoms with Gasteiger partial charge < -0.3 is 24.8 Å². The Balaban J connectivity index is 1.83. The summed E-state index contributed by atoms with van der Waals surface area (Å²) in [4.78, 5) is 12.2. The molecule has 2 aromatic rings. The largest absolute Gasteiger partial charge is 0.491 e. The number of anilines is 2. The second-order valence-corrected chi connectivity index (χ2v) is 6.04. The van der Waals surface area contributed by atoms with E-state index in [4.69, 9.17) is 14.2 Å². The first-order valence-electron chi connectivity index (χ1n) is 8.69. The Morgan fingerprint density at radius 1 is 1.00 bits per heavy atom. The number of methoxy groups -OCH3 is 1. The first-order chi connectivity index (χ1) is 13.1. The number of carbonyl (C=O) groups is 1. The molecule has 0 aliphatic carbocycles. The van der Waals surface area contributed by atoms with E-state index in [0.29, 0.717) is 31.3 Å². The molecule has 0 spiro atoms. The van der Waals surface area contributed by atoms with Gasteiger partial charge in [-0.3, -0.25) is 4.79 Å². The number of hydrogen-bond acceptors (Lipinski definition) is 5. The molecule has 2 N–H and O–H groups in total. The maximum absolute atomic E-state index is 12.2. The zero-order chi connectivity index (χ0) is 19.5. The van der Waals surface area contributed by atoms with Crippen LogP contribution in [-0.4, -0.2) is 39.4 Å². The van der Waals surface area contributed by atoms with Gasteiger partial charge in [-0.1, -0.05) is 18.7 Å². The number of hydrogen-bond donors (Lipinski definition) is 2. The minimum absolute atomic E-state index is 0.137. The third kappa shape index (κ3) is 7.83. The number of carbonyl (C=O) groups excluding carboxylic acids is 1. The summed E-state index contributed by atoms with van der Waals surface area (Å²) in [6, 6.07) is 14.7. The normalized spacial score (nSPS) is 10.1. The Hall–Kier alpha value is -2.99. The second-order valence-electron chi connectivity index (χ2n) is 6.04. The van der Waals surface area contributed by atoms with E-state index in [1.54, 1.807) is 13.2 Å². The van der Waals surface area contributed by atoms with Crippen molar-refractivity contribution in [2.75, 3.05) is 44.1 Å². The van der Waals surface area contributed by atoms with Crippen LogP contribution in [0.2, 0.25) is 0 Å². The van der Waals surface area contributed by atoms with Gasteiger partial charge in [0, 0.05) is 30.6 Å². The van der Waals surface area contributed by atoms with Crippen molar-refractivity contribution in [2.24, 2.45) is 0 Å². The van der Waals surface area contributed by atoms with Crippen LogP contribution in [-0.2, 0) is 9.53 Å². The topological polar surface area (TPSA) is 68.8 Å². The average Bonchev–Trinajstić information content (AvgIpc) is 2.66. The van der Waals surface area contributed by atoms with Crippen molar-refractivity contribution in [1.29, 1.82) is 0 Å². The van der Waals surface area contributed by atoms with Crippen LogP contribution < -0.4 is 20.1 Å². The lowest BCUT2D eigenvalue weighted by molar-refractivity contribution is -0.114. The highest BCUT2D eigenvalue weighted by Crippen LogP contribution is 2.19. The molecule has 2 rings (SSSR count). The van der Waals surface area contributed by atoms with E-state index in [0.717, 1.165) is 17.0 Å². The van der Waals surface area contributed by atoms with Gasteiger partial charge in [0.2, 0.25) is 5.91 Å². The molecule has 27 heavy (non-hydrogen) atoms. The van der Waals surface area contributed by atoms with Gasteiger partial charge in [0.05, 0.1) is 13.2 Å². The minimum atomic E-state index is -0.155. The van der Waals surface area contributed by atoms with Gasteiger partial charge >= 0.3 is 0 Å². The Kier molecular flexibility index (Phi) is 8.19. The van der Waals surface area contributed by atoms with Crippen molar-refractivity contribution in [3.63, 3.8) is 0 Å². The Morgan fingerprint density at radius 2 is 1.67 bits per heavy atom. The van der Waals surface area contributed by atoms with Crippen molar-refractivity contribution in [1.82, 2.24) is 0 Å². The first-order valence-corrected chi connectivity index (χ1v) is 8.69. The molecule has 6 heteroatoms. The molecule has 0 heterocycles. The summed E-state index contributed by atoms with van der Waals surface area (Å²) >= 11 is 0. The van der Waals surface area contributed by atoms with Crippen molar-refractivity contribution in [2.45, 2.75) is 6.92 Å². The fourth-order valence-electron chi connectivity index (χ4n) is 2.20. The molecule has 0 aromatic heterocycles. The van der Waals surface area contributed by atoms with E-state index in [1.807, 2.05) is 49.4 Å². The molecule has 0 unspecified atom stereocenters. The molecule has 0 bridgehead atoms. The molecule has 0 fully saturated rings. The molecule has 0 aliphatic rings. The van der Waals surface area contributed by atoms with Crippen LogP contribution in [0.1, 0.15) is 6.92 Å². The number of amides is 1. The van der Waals surface area contributed by atoms with Crippen LogP contribution in [0, 0.1) is 0 Å². The lowest BCUT2D eigenvalue weighted by atomic mass is 10.3. The van der Waals surface area contributed by atoms with Crippen molar-refractivity contribution in [3.8, 4) is 11.5 Å². The van der Waals surface area contributed by atoms with Crippen molar-refractivity contribution in [3.05, 3.63) is 60.7 Å². The number of nitrogens with one attached hydrogen (secondary N) is 2. The maximum Gasteiger partial charge on any atom is 0.243 e. The number of rotatable bonds is 11. The van der Waals surface area contributed by atoms with Crippen LogP contribution in [0.3, 0.4) is 0 Å². The smallest absolute Gasteiger partial charge is 0.243 e. The molecule has 0 saturated carbocycles. The van der Waals surface area contributed by atoms with E-state index in [2.05, 4.69) is 17.2 Å². The highest BCUT2D eigenvalue weighted by atomic mass is 16.5. The van der Waals surface area contributed by atoms with Gasteiger partial charge in [0.15, 0.2) is 0 Å². The predicted octanol–water partition coefficient (Wildman–Crippen LogP) is 3.72. The maximum atomic E-state index is 12.2. The minimum Gasteiger partial charge on any atom is -0.491 e. The molecule has 0 atom stereocenters. The fraction of sp³-hybridized carbons (Fsp3) is 0.286. The number of benzene rings is 2. The monoisotopic (exact) mass is 370 g/mol. The van der Waals surface area contributed by atoms with E-state index < -0.39 is 0 Å². The van der Waals surface area contributed by atoms with Crippen LogP contribution in [0.25, 0.3) is 0 Å². The first kappa shape index (κ1) is 20.3. The van der Waals surface area contributed by atoms with Crippen LogP contribution in [0.15, 0.2) is 60.7 Å². The zero-order valence-electron chi connectivity index (χ0n) is 15.8. The molecule has 1 amide bonds. The third-order valence-corrected chi connectivity index (χ3v) is 3.45. The van der Waals surface area contributed by atoms with Gasteiger partial charge in [-0.15, -0.1) is 0 Å². The standard InChI is InChI=1S/C21H26N2O4/c1-16(2)15-27-20-9-5-7-18(13-20)23-21(24)14-22-17-6-4-8-19(12-17)26-11-10-25-3/h4-9,12-13,22H,1,10-11,14-15H2,2-3H3,(H,23,24). The molecule has 0 radical (unpaired) electrons. The van der Waals surface area contributed by atoms with Gasteiger partial charge in [-0.05, 0) is 36.8 Å². The van der Waals surface area contributed by atoms with Gasteiger partial charge in [0.1, 0.15) is 24.7 Å². The average molecular weight is 370 g/mol. The number of ether oxygens (including phenoxy) is 3. The SMILES string of the molecule is C=C(C)COc1cccc(NC(=O)CNc2cccc(OCCOC)c2)c1. The summed E-state index contributed by atoms with van der Waals surface area (Å²) < 4.78 is 16.1. The Bertz CT molecular complexity index is 761. The highest BCUT2D eigenvalue weighted by Gasteiger charge is 2.05. The lowest BCUT2D eigenvalue weighted by Crippen LogP contribution is -2.21. The Labute approximate surface area is 160 Å². The highest BCUT2D eigenvalue weighted by molar-refractivity contribution is 5.93. The van der Waals surface area contributed by atoms with E-state index >= 15 is 0 Å². The van der Waals surface area contributed by atoms with Crippen LogP contribution >= 0.6 is 0 Å². The summed E-state index contributed by atoms with van der Waals surface area (Å²) in [6.07, 6.45) is 0. The molecule has 144 valence electrons. The lowest BCUT2D eigenvalue weighted by Gasteiger charge is -2.11. The van der Waals surface area contributed by atoms with Crippen LogP contribution in [0.5, 0.6) is 11.5 Å². The van der Waals surface area contributed by atoms with E-state index in [9.17, 15) is 4.79 Å². The summed E-state index contributed by atoms with van der Waals surface area (Å²) in [5, 5.41) is 5.93. The third-order valence-electron chi connectivity index (χ3n) is 3.45. The van der Waals surface area contributed by atoms with E-state index in [-0.39, 0.29) is 12.5 Å². The molecule has 2 aromatic carbocycles. The van der Waals surface area contributed by atoms with Crippen molar-refractivity contribution >= 4 is 17.3 Å². The van der Waals surface area contributed by atoms with E-state index in [1.165, 1.54) is 0 Å². The summed E-state index contributed by atoms with van der Waals surface area (Å²) in [7, 11) is 1.63. The predicted molar refractivity (Wildman–Crippen MR) is 108 cm³/mol. The molecule has 6 nitrogen and oxygen atoms in total. The second kappa shape index (κ2) is 10.9. The van der Waals surface area contributed by atoms with Gasteiger partial charge in [-0.25, -0.2) is 0 Å². The Morgan fingerprint density at radius 3 is 2.37 bits per heavy atom. The molecule has 0 saturated heterocycles.